The van der Waals surface area contributed by atoms with Crippen molar-refractivity contribution in [1.82, 2.24) is 9.62 Å². The average Bonchev–Trinajstić information content (AvgIpc) is 2.91. The van der Waals surface area contributed by atoms with E-state index in [2.05, 4.69) is 5.32 Å². The summed E-state index contributed by atoms with van der Waals surface area (Å²) in [5.41, 5.74) is -0.223. The first-order valence-corrected chi connectivity index (χ1v) is 7.30. The Morgan fingerprint density at radius 1 is 1.47 bits per heavy atom. The van der Waals surface area contributed by atoms with Crippen molar-refractivity contribution in [2.24, 2.45) is 0 Å². The standard InChI is InChI=1S/C11H15N3O4S/c1-13(10-5-6-12-8-10)19(17,18)11-4-2-3-9(7-11)14(15)16/h2-4,7,10,12H,5-6,8H2,1H3. The van der Waals surface area contributed by atoms with Gasteiger partial charge >= 0.3 is 0 Å². The van der Waals surface area contributed by atoms with E-state index in [1.165, 1.54) is 29.6 Å². The molecule has 1 aromatic rings. The molecule has 1 atom stereocenters. The molecule has 1 unspecified atom stereocenters. The van der Waals surface area contributed by atoms with Gasteiger partial charge < -0.3 is 5.32 Å². The Labute approximate surface area is 111 Å². The molecule has 1 saturated heterocycles. The zero-order valence-corrected chi connectivity index (χ0v) is 11.3. The van der Waals surface area contributed by atoms with Gasteiger partial charge in [0.15, 0.2) is 0 Å². The van der Waals surface area contributed by atoms with Crippen molar-refractivity contribution in [1.29, 1.82) is 0 Å². The third-order valence-corrected chi connectivity index (χ3v) is 5.16. The quantitative estimate of drug-likeness (QED) is 0.645. The molecule has 1 fully saturated rings. The predicted octanol–water partition coefficient (Wildman–Crippen LogP) is 0.577. The van der Waals surface area contributed by atoms with Gasteiger partial charge in [-0.3, -0.25) is 10.1 Å². The summed E-state index contributed by atoms with van der Waals surface area (Å²) in [5.74, 6) is 0. The number of nitro groups is 1. The van der Waals surface area contributed by atoms with Crippen LogP contribution in [0.5, 0.6) is 0 Å². The van der Waals surface area contributed by atoms with Crippen molar-refractivity contribution in [2.45, 2.75) is 17.4 Å². The van der Waals surface area contributed by atoms with Crippen LogP contribution in [-0.4, -0.2) is 43.8 Å². The number of non-ortho nitro benzene ring substituents is 1. The summed E-state index contributed by atoms with van der Waals surface area (Å²) in [6.45, 7) is 1.38. The first-order valence-electron chi connectivity index (χ1n) is 5.86. The maximum atomic E-state index is 12.4. The first kappa shape index (κ1) is 13.9. The highest BCUT2D eigenvalue weighted by atomic mass is 32.2. The summed E-state index contributed by atoms with van der Waals surface area (Å²) in [4.78, 5) is 10.0. The molecular formula is C11H15N3O4S. The topological polar surface area (TPSA) is 92.6 Å². The second-order valence-corrected chi connectivity index (χ2v) is 6.42. The van der Waals surface area contributed by atoms with Gasteiger partial charge in [-0.2, -0.15) is 4.31 Å². The molecule has 0 aliphatic carbocycles. The molecule has 8 heteroatoms. The van der Waals surface area contributed by atoms with Crippen molar-refractivity contribution in [3.8, 4) is 0 Å². The number of hydrogen-bond donors (Lipinski definition) is 1. The van der Waals surface area contributed by atoms with Crippen LogP contribution in [-0.2, 0) is 10.0 Å². The molecule has 19 heavy (non-hydrogen) atoms. The van der Waals surface area contributed by atoms with Crippen LogP contribution in [0.4, 0.5) is 5.69 Å². The van der Waals surface area contributed by atoms with Crippen molar-refractivity contribution in [3.05, 3.63) is 34.4 Å². The van der Waals surface area contributed by atoms with Gasteiger partial charge in [-0.05, 0) is 19.0 Å². The van der Waals surface area contributed by atoms with Crippen molar-refractivity contribution < 1.29 is 13.3 Å². The summed E-state index contributed by atoms with van der Waals surface area (Å²) >= 11 is 0. The van der Waals surface area contributed by atoms with Crippen LogP contribution in [0.1, 0.15) is 6.42 Å². The molecule has 1 aliphatic rings. The number of nitro benzene ring substituents is 1. The Morgan fingerprint density at radius 2 is 2.21 bits per heavy atom. The summed E-state index contributed by atoms with van der Waals surface area (Å²) in [6, 6.07) is 5.02. The molecule has 0 amide bonds. The largest absolute Gasteiger partial charge is 0.315 e. The Kier molecular flexibility index (Phi) is 3.83. The summed E-state index contributed by atoms with van der Waals surface area (Å²) < 4.78 is 26.0. The van der Waals surface area contributed by atoms with E-state index in [1.807, 2.05) is 0 Å². The van der Waals surface area contributed by atoms with Gasteiger partial charge in [0.2, 0.25) is 10.0 Å². The van der Waals surface area contributed by atoms with Crippen LogP contribution >= 0.6 is 0 Å². The molecular weight excluding hydrogens is 270 g/mol. The predicted molar refractivity (Wildman–Crippen MR) is 69.3 cm³/mol. The fourth-order valence-corrected chi connectivity index (χ4v) is 3.50. The molecule has 7 nitrogen and oxygen atoms in total. The summed E-state index contributed by atoms with van der Waals surface area (Å²) in [5, 5.41) is 13.8. The zero-order chi connectivity index (χ0) is 14.0. The Hall–Kier alpha value is -1.51. The first-order chi connectivity index (χ1) is 8.93. The van der Waals surface area contributed by atoms with E-state index in [1.54, 1.807) is 0 Å². The normalized spacial score (nSPS) is 19.8. The number of rotatable bonds is 4. The van der Waals surface area contributed by atoms with Gasteiger partial charge in [-0.25, -0.2) is 8.42 Å². The second kappa shape index (κ2) is 5.24. The van der Waals surface area contributed by atoms with Gasteiger partial charge in [0.25, 0.3) is 5.69 Å². The number of hydrogen-bond acceptors (Lipinski definition) is 5. The van der Waals surface area contributed by atoms with Crippen LogP contribution in [0, 0.1) is 10.1 Å². The summed E-state index contributed by atoms with van der Waals surface area (Å²) in [6.07, 6.45) is 0.741. The Bertz CT molecular complexity index is 581. The molecule has 1 aliphatic heterocycles. The average molecular weight is 285 g/mol. The molecule has 104 valence electrons. The van der Waals surface area contributed by atoms with Crippen LogP contribution < -0.4 is 5.32 Å². The maximum absolute atomic E-state index is 12.4. The fraction of sp³-hybridized carbons (Fsp3) is 0.455. The van der Waals surface area contributed by atoms with E-state index < -0.39 is 14.9 Å². The van der Waals surface area contributed by atoms with Gasteiger partial charge in [0, 0.05) is 31.8 Å². The molecule has 2 rings (SSSR count). The van der Waals surface area contributed by atoms with Gasteiger partial charge in [0.1, 0.15) is 0 Å². The van der Waals surface area contributed by atoms with E-state index in [9.17, 15) is 18.5 Å². The number of sulfonamides is 1. The van der Waals surface area contributed by atoms with Crippen LogP contribution in [0.25, 0.3) is 0 Å². The highest BCUT2D eigenvalue weighted by Gasteiger charge is 2.30. The molecule has 0 saturated carbocycles. The lowest BCUT2D eigenvalue weighted by molar-refractivity contribution is -0.385. The van der Waals surface area contributed by atoms with E-state index in [0.29, 0.717) is 6.54 Å². The van der Waals surface area contributed by atoms with Gasteiger partial charge in [-0.15, -0.1) is 0 Å². The minimum atomic E-state index is -3.69. The van der Waals surface area contributed by atoms with Crippen molar-refractivity contribution in [2.75, 3.05) is 20.1 Å². The monoisotopic (exact) mass is 285 g/mol. The van der Waals surface area contributed by atoms with E-state index in [0.717, 1.165) is 19.0 Å². The Morgan fingerprint density at radius 3 is 2.79 bits per heavy atom. The van der Waals surface area contributed by atoms with Crippen LogP contribution in [0.2, 0.25) is 0 Å². The van der Waals surface area contributed by atoms with E-state index in [-0.39, 0.29) is 16.6 Å². The van der Waals surface area contributed by atoms with Gasteiger partial charge in [-0.1, -0.05) is 6.07 Å². The molecule has 0 aromatic heterocycles. The molecule has 1 aromatic carbocycles. The van der Waals surface area contributed by atoms with Crippen LogP contribution in [0.15, 0.2) is 29.2 Å². The molecule has 0 spiro atoms. The zero-order valence-electron chi connectivity index (χ0n) is 10.4. The van der Waals surface area contributed by atoms with Crippen molar-refractivity contribution >= 4 is 15.7 Å². The second-order valence-electron chi connectivity index (χ2n) is 4.42. The Balaban J connectivity index is 2.33. The summed E-state index contributed by atoms with van der Waals surface area (Å²) in [7, 11) is -2.18. The van der Waals surface area contributed by atoms with Crippen LogP contribution in [0.3, 0.4) is 0 Å². The number of likely N-dealkylation sites (N-methyl/N-ethyl adjacent to an activating group) is 1. The van der Waals surface area contributed by atoms with Gasteiger partial charge in [0.05, 0.1) is 9.82 Å². The minimum absolute atomic E-state index is 0.0453. The molecule has 1 N–H and O–H groups in total. The smallest absolute Gasteiger partial charge is 0.270 e. The maximum Gasteiger partial charge on any atom is 0.270 e. The lowest BCUT2D eigenvalue weighted by Gasteiger charge is -2.22. The molecule has 0 radical (unpaired) electrons. The highest BCUT2D eigenvalue weighted by Crippen LogP contribution is 2.22. The lowest BCUT2D eigenvalue weighted by Crippen LogP contribution is -2.38. The lowest BCUT2D eigenvalue weighted by atomic mass is 10.3. The fourth-order valence-electron chi connectivity index (χ4n) is 2.07. The minimum Gasteiger partial charge on any atom is -0.315 e. The molecule has 0 bridgehead atoms. The third-order valence-electron chi connectivity index (χ3n) is 3.25. The number of benzene rings is 1. The third kappa shape index (κ3) is 2.75. The highest BCUT2D eigenvalue weighted by molar-refractivity contribution is 7.89. The SMILES string of the molecule is CN(C1CCNC1)S(=O)(=O)c1cccc([N+](=O)[O-])c1. The van der Waals surface area contributed by atoms with E-state index >= 15 is 0 Å². The van der Waals surface area contributed by atoms with E-state index in [4.69, 9.17) is 0 Å². The van der Waals surface area contributed by atoms with Crippen molar-refractivity contribution in [3.63, 3.8) is 0 Å². The molecule has 1 heterocycles. The number of nitrogens with one attached hydrogen (secondary N) is 1. The number of nitrogens with zero attached hydrogens (tertiary/aromatic N) is 2.